The zero-order valence-electron chi connectivity index (χ0n) is 12.1. The van der Waals surface area contributed by atoms with Crippen molar-refractivity contribution in [1.82, 2.24) is 5.32 Å². The van der Waals surface area contributed by atoms with Crippen LogP contribution in [0.5, 0.6) is 5.75 Å². The van der Waals surface area contributed by atoms with Crippen LogP contribution in [0.3, 0.4) is 0 Å². The predicted octanol–water partition coefficient (Wildman–Crippen LogP) is 3.84. The maximum atomic E-state index is 12.0. The summed E-state index contributed by atoms with van der Waals surface area (Å²) in [6.07, 6.45) is -0.528. The van der Waals surface area contributed by atoms with Crippen LogP contribution in [0.15, 0.2) is 53.0 Å². The molecule has 2 aromatic carbocycles. The highest BCUT2D eigenvalue weighted by molar-refractivity contribution is 9.10. The van der Waals surface area contributed by atoms with Crippen LogP contribution in [0, 0.1) is 6.92 Å². The summed E-state index contributed by atoms with van der Waals surface area (Å²) >= 11 is 3.41. The van der Waals surface area contributed by atoms with E-state index in [1.165, 1.54) is 0 Å². The lowest BCUT2D eigenvalue weighted by Gasteiger charge is -2.15. The maximum absolute atomic E-state index is 12.0. The van der Waals surface area contributed by atoms with Crippen LogP contribution >= 0.6 is 15.9 Å². The van der Waals surface area contributed by atoms with Gasteiger partial charge in [0.1, 0.15) is 5.75 Å². The van der Waals surface area contributed by atoms with Crippen molar-refractivity contribution in [3.8, 4) is 5.75 Å². The van der Waals surface area contributed by atoms with Gasteiger partial charge in [-0.1, -0.05) is 45.8 Å². The summed E-state index contributed by atoms with van der Waals surface area (Å²) in [5, 5.41) is 2.87. The fourth-order valence-corrected chi connectivity index (χ4v) is 2.30. The number of ether oxygens (including phenoxy) is 1. The number of rotatable bonds is 5. The molecular formula is C17H18BrNO2. The Kier molecular flexibility index (Phi) is 5.39. The summed E-state index contributed by atoms with van der Waals surface area (Å²) in [4.78, 5) is 12.0. The van der Waals surface area contributed by atoms with Crippen molar-refractivity contribution in [3.63, 3.8) is 0 Å². The Hall–Kier alpha value is -1.81. The number of aryl methyl sites for hydroxylation is 1. The minimum Gasteiger partial charge on any atom is -0.481 e. The lowest BCUT2D eigenvalue weighted by Crippen LogP contribution is -2.35. The predicted molar refractivity (Wildman–Crippen MR) is 87.3 cm³/mol. The molecular weight excluding hydrogens is 330 g/mol. The van der Waals surface area contributed by atoms with E-state index in [0.29, 0.717) is 12.3 Å². The van der Waals surface area contributed by atoms with Crippen LogP contribution < -0.4 is 10.1 Å². The topological polar surface area (TPSA) is 38.3 Å². The summed E-state index contributed by atoms with van der Waals surface area (Å²) < 4.78 is 6.62. The third kappa shape index (κ3) is 4.90. The van der Waals surface area contributed by atoms with E-state index in [4.69, 9.17) is 4.74 Å². The largest absolute Gasteiger partial charge is 0.481 e. The lowest BCUT2D eigenvalue weighted by atomic mass is 10.2. The van der Waals surface area contributed by atoms with Crippen molar-refractivity contribution >= 4 is 21.8 Å². The molecule has 0 fully saturated rings. The Labute approximate surface area is 133 Å². The summed E-state index contributed by atoms with van der Waals surface area (Å²) in [6, 6.07) is 15.5. The summed E-state index contributed by atoms with van der Waals surface area (Å²) in [5.41, 5.74) is 2.20. The van der Waals surface area contributed by atoms with Crippen LogP contribution in [0.1, 0.15) is 18.1 Å². The molecule has 1 amide bonds. The molecule has 4 heteroatoms. The Morgan fingerprint density at radius 2 is 1.95 bits per heavy atom. The van der Waals surface area contributed by atoms with Gasteiger partial charge in [0.05, 0.1) is 0 Å². The number of amides is 1. The zero-order chi connectivity index (χ0) is 15.2. The molecule has 0 aromatic heterocycles. The van der Waals surface area contributed by atoms with Crippen LogP contribution in [0.2, 0.25) is 0 Å². The molecule has 110 valence electrons. The van der Waals surface area contributed by atoms with Crippen molar-refractivity contribution in [3.05, 3.63) is 64.1 Å². The molecule has 0 aliphatic heterocycles. The van der Waals surface area contributed by atoms with Gasteiger partial charge >= 0.3 is 0 Å². The number of hydrogen-bond acceptors (Lipinski definition) is 2. The van der Waals surface area contributed by atoms with Crippen molar-refractivity contribution in [2.45, 2.75) is 26.5 Å². The number of benzene rings is 2. The number of carbonyl (C=O) groups excluding carboxylic acids is 1. The quantitative estimate of drug-likeness (QED) is 0.892. The van der Waals surface area contributed by atoms with Gasteiger partial charge in [0.25, 0.3) is 5.91 Å². The lowest BCUT2D eigenvalue weighted by molar-refractivity contribution is -0.127. The van der Waals surface area contributed by atoms with Crippen molar-refractivity contribution in [2.24, 2.45) is 0 Å². The minimum atomic E-state index is -0.528. The molecule has 1 unspecified atom stereocenters. The Morgan fingerprint density at radius 3 is 2.62 bits per heavy atom. The Morgan fingerprint density at radius 1 is 1.24 bits per heavy atom. The first-order valence-electron chi connectivity index (χ1n) is 6.80. The maximum Gasteiger partial charge on any atom is 0.261 e. The molecule has 0 radical (unpaired) electrons. The van der Waals surface area contributed by atoms with Gasteiger partial charge < -0.3 is 10.1 Å². The monoisotopic (exact) mass is 347 g/mol. The molecule has 3 nitrogen and oxygen atoms in total. The summed E-state index contributed by atoms with van der Waals surface area (Å²) in [6.45, 7) is 4.24. The van der Waals surface area contributed by atoms with E-state index >= 15 is 0 Å². The molecule has 0 bridgehead atoms. The van der Waals surface area contributed by atoms with Gasteiger partial charge in [-0.05, 0) is 43.7 Å². The highest BCUT2D eigenvalue weighted by atomic mass is 79.9. The molecule has 0 heterocycles. The molecule has 1 N–H and O–H groups in total. The Bertz CT molecular complexity index is 610. The van der Waals surface area contributed by atoms with Gasteiger partial charge in [0.2, 0.25) is 0 Å². The second-order valence-electron chi connectivity index (χ2n) is 4.92. The van der Waals surface area contributed by atoms with Gasteiger partial charge in [0, 0.05) is 11.0 Å². The van der Waals surface area contributed by atoms with Gasteiger partial charge in [0.15, 0.2) is 6.10 Å². The summed E-state index contributed by atoms with van der Waals surface area (Å²) in [7, 11) is 0. The van der Waals surface area contributed by atoms with E-state index in [-0.39, 0.29) is 5.91 Å². The van der Waals surface area contributed by atoms with E-state index in [1.807, 2.05) is 55.5 Å². The number of carbonyl (C=O) groups is 1. The van der Waals surface area contributed by atoms with Gasteiger partial charge in [-0.3, -0.25) is 4.79 Å². The molecule has 0 spiro atoms. The second-order valence-corrected chi connectivity index (χ2v) is 5.84. The SMILES string of the molecule is Cc1ccc(OC(C)C(=O)NCc2cccc(Br)c2)cc1. The normalized spacial score (nSPS) is 11.8. The first-order chi connectivity index (χ1) is 10.0. The molecule has 0 saturated carbocycles. The highest BCUT2D eigenvalue weighted by Crippen LogP contribution is 2.14. The van der Waals surface area contributed by atoms with Gasteiger partial charge in [-0.2, -0.15) is 0 Å². The van der Waals surface area contributed by atoms with E-state index in [2.05, 4.69) is 21.2 Å². The molecule has 0 aliphatic carbocycles. The smallest absolute Gasteiger partial charge is 0.261 e. The van der Waals surface area contributed by atoms with E-state index in [9.17, 15) is 4.79 Å². The minimum absolute atomic E-state index is 0.129. The highest BCUT2D eigenvalue weighted by Gasteiger charge is 2.14. The fraction of sp³-hybridized carbons (Fsp3) is 0.235. The second kappa shape index (κ2) is 7.27. The number of halogens is 1. The van der Waals surface area contributed by atoms with Gasteiger partial charge in [-0.25, -0.2) is 0 Å². The third-order valence-corrected chi connectivity index (χ3v) is 3.55. The van der Waals surface area contributed by atoms with Crippen molar-refractivity contribution in [1.29, 1.82) is 0 Å². The first-order valence-corrected chi connectivity index (χ1v) is 7.59. The van der Waals surface area contributed by atoms with E-state index in [0.717, 1.165) is 15.6 Å². The molecule has 2 aromatic rings. The van der Waals surface area contributed by atoms with E-state index < -0.39 is 6.10 Å². The average molecular weight is 348 g/mol. The number of hydrogen-bond donors (Lipinski definition) is 1. The van der Waals surface area contributed by atoms with Crippen LogP contribution in [-0.4, -0.2) is 12.0 Å². The van der Waals surface area contributed by atoms with Crippen LogP contribution in [0.25, 0.3) is 0 Å². The zero-order valence-corrected chi connectivity index (χ0v) is 13.7. The Balaban J connectivity index is 1.86. The molecule has 2 rings (SSSR count). The summed E-state index contributed by atoms with van der Waals surface area (Å²) in [5.74, 6) is 0.571. The standard InChI is InChI=1S/C17H18BrNO2/c1-12-6-8-16(9-7-12)21-13(2)17(20)19-11-14-4-3-5-15(18)10-14/h3-10,13H,11H2,1-2H3,(H,19,20). The van der Waals surface area contributed by atoms with Crippen molar-refractivity contribution in [2.75, 3.05) is 0 Å². The molecule has 1 atom stereocenters. The molecule has 0 aliphatic rings. The first kappa shape index (κ1) is 15.6. The van der Waals surface area contributed by atoms with Crippen LogP contribution in [-0.2, 0) is 11.3 Å². The molecule has 21 heavy (non-hydrogen) atoms. The third-order valence-electron chi connectivity index (χ3n) is 3.06. The number of nitrogens with one attached hydrogen (secondary N) is 1. The van der Waals surface area contributed by atoms with Gasteiger partial charge in [-0.15, -0.1) is 0 Å². The van der Waals surface area contributed by atoms with Crippen molar-refractivity contribution < 1.29 is 9.53 Å². The average Bonchev–Trinajstić information content (AvgIpc) is 2.47. The molecule has 0 saturated heterocycles. The fourth-order valence-electron chi connectivity index (χ4n) is 1.85. The van der Waals surface area contributed by atoms with E-state index in [1.54, 1.807) is 6.92 Å². The van der Waals surface area contributed by atoms with Crippen LogP contribution in [0.4, 0.5) is 0 Å².